The lowest BCUT2D eigenvalue weighted by Gasteiger charge is -2.21. The zero-order chi connectivity index (χ0) is 18.9. The van der Waals surface area contributed by atoms with E-state index in [0.29, 0.717) is 19.6 Å². The summed E-state index contributed by atoms with van der Waals surface area (Å²) in [5.41, 5.74) is 1.73. The van der Waals surface area contributed by atoms with Crippen molar-refractivity contribution >= 4 is 11.8 Å². The zero-order valence-corrected chi connectivity index (χ0v) is 15.0. The predicted molar refractivity (Wildman–Crippen MR) is 97.2 cm³/mol. The second-order valence-corrected chi connectivity index (χ2v) is 5.94. The Bertz CT molecular complexity index is 730. The molecule has 0 saturated heterocycles. The van der Waals surface area contributed by atoms with Crippen LogP contribution in [0.3, 0.4) is 0 Å². The third kappa shape index (κ3) is 6.20. The van der Waals surface area contributed by atoms with Gasteiger partial charge in [-0.15, -0.1) is 0 Å². The summed E-state index contributed by atoms with van der Waals surface area (Å²) in [4.78, 5) is 25.4. The van der Waals surface area contributed by atoms with Crippen LogP contribution in [0.5, 0.6) is 5.75 Å². The Hall–Kier alpha value is -2.89. The third-order valence-corrected chi connectivity index (χ3v) is 3.96. The number of nitrogens with zero attached hydrogens (tertiary/aromatic N) is 1. The van der Waals surface area contributed by atoms with Crippen LogP contribution in [-0.4, -0.2) is 36.9 Å². The Morgan fingerprint density at radius 2 is 1.65 bits per heavy atom. The van der Waals surface area contributed by atoms with Crippen LogP contribution in [0.15, 0.2) is 48.5 Å². The highest BCUT2D eigenvalue weighted by molar-refractivity contribution is 5.78. The lowest BCUT2D eigenvalue weighted by molar-refractivity contribution is -0.130. The number of rotatable bonds is 8. The van der Waals surface area contributed by atoms with Crippen LogP contribution in [0, 0.1) is 5.82 Å². The molecule has 2 amide bonds. The monoisotopic (exact) mass is 358 g/mol. The van der Waals surface area contributed by atoms with Crippen LogP contribution in [0.2, 0.25) is 0 Å². The van der Waals surface area contributed by atoms with Crippen LogP contribution in [0.4, 0.5) is 4.39 Å². The first-order chi connectivity index (χ1) is 12.5. The van der Waals surface area contributed by atoms with Gasteiger partial charge >= 0.3 is 0 Å². The van der Waals surface area contributed by atoms with Gasteiger partial charge in [0.2, 0.25) is 11.8 Å². The van der Waals surface area contributed by atoms with E-state index in [2.05, 4.69) is 5.32 Å². The molecule has 2 aromatic carbocycles. The molecule has 2 aromatic rings. The van der Waals surface area contributed by atoms with Gasteiger partial charge in [0.15, 0.2) is 0 Å². The van der Waals surface area contributed by atoms with Gasteiger partial charge in [-0.25, -0.2) is 4.39 Å². The normalized spacial score (nSPS) is 10.3. The molecule has 0 aliphatic heterocycles. The lowest BCUT2D eigenvalue weighted by atomic mass is 10.1. The van der Waals surface area contributed by atoms with E-state index in [9.17, 15) is 14.0 Å². The molecular formula is C20H23FN2O3. The lowest BCUT2D eigenvalue weighted by Crippen LogP contribution is -2.37. The minimum atomic E-state index is -0.329. The highest BCUT2D eigenvalue weighted by atomic mass is 19.1. The van der Waals surface area contributed by atoms with Crippen molar-refractivity contribution in [2.75, 3.05) is 20.2 Å². The summed E-state index contributed by atoms with van der Waals surface area (Å²) >= 11 is 0. The van der Waals surface area contributed by atoms with Crippen LogP contribution in [0.1, 0.15) is 18.1 Å². The summed E-state index contributed by atoms with van der Waals surface area (Å²) in [7, 11) is 1.60. The van der Waals surface area contributed by atoms with E-state index < -0.39 is 0 Å². The first kappa shape index (κ1) is 19.4. The molecule has 0 bridgehead atoms. The largest absolute Gasteiger partial charge is 0.497 e. The van der Waals surface area contributed by atoms with E-state index in [0.717, 1.165) is 16.9 Å². The summed E-state index contributed by atoms with van der Waals surface area (Å²) in [6, 6.07) is 13.3. The molecule has 0 saturated carbocycles. The quantitative estimate of drug-likeness (QED) is 0.789. The molecule has 0 aromatic heterocycles. The average molecular weight is 358 g/mol. The number of amides is 2. The Balaban J connectivity index is 1.81. The van der Waals surface area contributed by atoms with E-state index in [1.54, 1.807) is 24.1 Å². The van der Waals surface area contributed by atoms with Crippen molar-refractivity contribution in [3.63, 3.8) is 0 Å². The van der Waals surface area contributed by atoms with Gasteiger partial charge in [0.1, 0.15) is 11.6 Å². The Morgan fingerprint density at radius 1 is 1.04 bits per heavy atom. The zero-order valence-electron chi connectivity index (χ0n) is 15.0. The number of benzene rings is 2. The topological polar surface area (TPSA) is 58.6 Å². The molecule has 0 heterocycles. The number of hydrogen-bond donors (Lipinski definition) is 1. The van der Waals surface area contributed by atoms with Crippen LogP contribution in [0.25, 0.3) is 0 Å². The maximum Gasteiger partial charge on any atom is 0.224 e. The van der Waals surface area contributed by atoms with Crippen molar-refractivity contribution in [2.24, 2.45) is 0 Å². The number of nitrogens with one attached hydrogen (secondary N) is 1. The van der Waals surface area contributed by atoms with E-state index in [1.807, 2.05) is 24.3 Å². The van der Waals surface area contributed by atoms with Crippen molar-refractivity contribution in [1.82, 2.24) is 10.2 Å². The molecule has 0 aliphatic carbocycles. The van der Waals surface area contributed by atoms with Gasteiger partial charge in [-0.3, -0.25) is 9.59 Å². The fourth-order valence-corrected chi connectivity index (χ4v) is 2.48. The summed E-state index contributed by atoms with van der Waals surface area (Å²) in [6.45, 7) is 2.74. The maximum atomic E-state index is 12.9. The maximum absolute atomic E-state index is 12.9. The van der Waals surface area contributed by atoms with Crippen LogP contribution in [-0.2, 0) is 22.6 Å². The number of carbonyl (C=O) groups excluding carboxylic acids is 2. The van der Waals surface area contributed by atoms with E-state index in [4.69, 9.17) is 4.74 Å². The molecule has 26 heavy (non-hydrogen) atoms. The molecule has 0 spiro atoms. The first-order valence-corrected chi connectivity index (χ1v) is 8.37. The SMILES string of the molecule is COc1ccc(CN(CCNC(=O)Cc2ccc(F)cc2)C(C)=O)cc1. The molecule has 0 radical (unpaired) electrons. The van der Waals surface area contributed by atoms with Gasteiger partial charge in [0.25, 0.3) is 0 Å². The van der Waals surface area contributed by atoms with Gasteiger partial charge in [-0.05, 0) is 35.4 Å². The van der Waals surface area contributed by atoms with E-state index >= 15 is 0 Å². The number of ether oxygens (including phenoxy) is 1. The number of carbonyl (C=O) groups is 2. The average Bonchev–Trinajstić information content (AvgIpc) is 2.63. The molecule has 6 heteroatoms. The summed E-state index contributed by atoms with van der Waals surface area (Å²) in [5, 5.41) is 2.79. The summed E-state index contributed by atoms with van der Waals surface area (Å²) < 4.78 is 18.0. The van der Waals surface area contributed by atoms with Crippen molar-refractivity contribution < 1.29 is 18.7 Å². The highest BCUT2D eigenvalue weighted by Crippen LogP contribution is 2.13. The molecular weight excluding hydrogens is 335 g/mol. The van der Waals surface area contributed by atoms with Gasteiger partial charge in [-0.1, -0.05) is 24.3 Å². The molecule has 0 atom stereocenters. The van der Waals surface area contributed by atoms with Crippen molar-refractivity contribution in [3.8, 4) is 5.75 Å². The second kappa shape index (κ2) is 9.56. The van der Waals surface area contributed by atoms with Crippen molar-refractivity contribution in [1.29, 1.82) is 0 Å². The molecule has 5 nitrogen and oxygen atoms in total. The minimum Gasteiger partial charge on any atom is -0.497 e. The number of methoxy groups -OCH3 is 1. The van der Waals surface area contributed by atoms with Gasteiger partial charge in [-0.2, -0.15) is 0 Å². The van der Waals surface area contributed by atoms with Crippen LogP contribution < -0.4 is 10.1 Å². The van der Waals surface area contributed by atoms with Gasteiger partial charge < -0.3 is 15.0 Å². The fourth-order valence-electron chi connectivity index (χ4n) is 2.48. The van der Waals surface area contributed by atoms with Gasteiger partial charge in [0, 0.05) is 26.6 Å². The van der Waals surface area contributed by atoms with Gasteiger partial charge in [0.05, 0.1) is 13.5 Å². The smallest absolute Gasteiger partial charge is 0.224 e. The van der Waals surface area contributed by atoms with Crippen LogP contribution >= 0.6 is 0 Å². The molecule has 0 aliphatic rings. The van der Waals surface area contributed by atoms with E-state index in [1.165, 1.54) is 19.1 Å². The minimum absolute atomic E-state index is 0.0615. The number of hydrogen-bond acceptors (Lipinski definition) is 3. The second-order valence-electron chi connectivity index (χ2n) is 5.94. The summed E-state index contributed by atoms with van der Waals surface area (Å²) in [5.74, 6) is 0.208. The molecule has 0 unspecified atom stereocenters. The predicted octanol–water partition coefficient (Wildman–Crippen LogP) is 2.54. The van der Waals surface area contributed by atoms with Crippen molar-refractivity contribution in [2.45, 2.75) is 19.9 Å². The summed E-state index contributed by atoms with van der Waals surface area (Å²) in [6.07, 6.45) is 0.179. The van der Waals surface area contributed by atoms with Crippen molar-refractivity contribution in [3.05, 3.63) is 65.5 Å². The van der Waals surface area contributed by atoms with E-state index in [-0.39, 0.29) is 24.1 Å². The molecule has 138 valence electrons. The fraction of sp³-hybridized carbons (Fsp3) is 0.300. The molecule has 2 rings (SSSR count). The molecule has 0 fully saturated rings. The standard InChI is InChI=1S/C20H23FN2O3/c1-15(24)23(14-17-5-9-19(26-2)10-6-17)12-11-22-20(25)13-16-3-7-18(21)8-4-16/h3-10H,11-14H2,1-2H3,(H,22,25). The Kier molecular flexibility index (Phi) is 7.14. The Labute approximate surface area is 152 Å². The first-order valence-electron chi connectivity index (χ1n) is 8.37. The Morgan fingerprint density at radius 3 is 2.23 bits per heavy atom. The highest BCUT2D eigenvalue weighted by Gasteiger charge is 2.10. The number of halogens is 1. The molecule has 1 N–H and O–H groups in total. The third-order valence-electron chi connectivity index (χ3n) is 3.96.